The SMILES string of the molecule is CNn1nc2c(c1C(F)(F)OCc1ccccn1)CCCC2. The summed E-state index contributed by atoms with van der Waals surface area (Å²) in [5.74, 6) is 0. The molecule has 0 saturated carbocycles. The maximum Gasteiger partial charge on any atom is 0.402 e. The molecule has 2 aromatic rings. The summed E-state index contributed by atoms with van der Waals surface area (Å²) < 4.78 is 34.0. The Morgan fingerprint density at radius 2 is 2.14 bits per heavy atom. The highest BCUT2D eigenvalue weighted by molar-refractivity contribution is 5.31. The van der Waals surface area contributed by atoms with Gasteiger partial charge in [-0.15, -0.1) is 0 Å². The van der Waals surface area contributed by atoms with Gasteiger partial charge in [-0.3, -0.25) is 4.98 Å². The lowest BCUT2D eigenvalue weighted by atomic mass is 9.95. The summed E-state index contributed by atoms with van der Waals surface area (Å²) in [7, 11) is 1.57. The lowest BCUT2D eigenvalue weighted by molar-refractivity contribution is -0.260. The molecule has 0 fully saturated rings. The third-order valence-electron chi connectivity index (χ3n) is 3.77. The molecule has 1 N–H and O–H groups in total. The Bertz CT molecular complexity index is 642. The summed E-state index contributed by atoms with van der Waals surface area (Å²) in [6.07, 6.45) is 1.34. The van der Waals surface area contributed by atoms with Crippen molar-refractivity contribution < 1.29 is 13.5 Å². The maximum atomic E-state index is 14.6. The van der Waals surface area contributed by atoms with Crippen molar-refractivity contribution in [3.63, 3.8) is 0 Å². The van der Waals surface area contributed by atoms with Crippen LogP contribution < -0.4 is 5.43 Å². The summed E-state index contributed by atoms with van der Waals surface area (Å²) in [6.45, 7) is -0.252. The second-order valence-corrected chi connectivity index (χ2v) is 5.24. The van der Waals surface area contributed by atoms with Crippen molar-refractivity contribution in [3.05, 3.63) is 47.0 Å². The Balaban J connectivity index is 1.86. The van der Waals surface area contributed by atoms with E-state index in [-0.39, 0.29) is 12.3 Å². The van der Waals surface area contributed by atoms with Crippen LogP contribution in [-0.4, -0.2) is 21.9 Å². The van der Waals surface area contributed by atoms with E-state index in [1.54, 1.807) is 31.4 Å². The highest BCUT2D eigenvalue weighted by Crippen LogP contribution is 2.36. The lowest BCUT2D eigenvalue weighted by Gasteiger charge is -2.20. The first-order valence-electron chi connectivity index (χ1n) is 7.32. The summed E-state index contributed by atoms with van der Waals surface area (Å²) >= 11 is 0. The fourth-order valence-corrected chi connectivity index (χ4v) is 2.73. The molecule has 1 aliphatic carbocycles. The highest BCUT2D eigenvalue weighted by Gasteiger charge is 2.42. The molecule has 5 nitrogen and oxygen atoms in total. The highest BCUT2D eigenvalue weighted by atomic mass is 19.3. The number of nitrogens with one attached hydrogen (secondary N) is 1. The van der Waals surface area contributed by atoms with E-state index in [2.05, 4.69) is 15.5 Å². The van der Waals surface area contributed by atoms with Gasteiger partial charge >= 0.3 is 6.11 Å². The second kappa shape index (κ2) is 6.00. The van der Waals surface area contributed by atoms with E-state index < -0.39 is 6.11 Å². The molecule has 0 bridgehead atoms. The predicted molar refractivity (Wildman–Crippen MR) is 77.1 cm³/mol. The predicted octanol–water partition coefficient (Wildman–Crippen LogP) is 2.60. The molecule has 0 amide bonds. The van der Waals surface area contributed by atoms with Gasteiger partial charge in [0, 0.05) is 18.8 Å². The van der Waals surface area contributed by atoms with Gasteiger partial charge in [-0.2, -0.15) is 18.7 Å². The molecule has 0 aromatic carbocycles. The number of hydrogen-bond donors (Lipinski definition) is 1. The fourth-order valence-electron chi connectivity index (χ4n) is 2.73. The molecular formula is C15H18F2N4O. The van der Waals surface area contributed by atoms with E-state index in [0.29, 0.717) is 17.7 Å². The Kier molecular flexibility index (Phi) is 4.06. The monoisotopic (exact) mass is 308 g/mol. The van der Waals surface area contributed by atoms with Gasteiger partial charge in [0.2, 0.25) is 0 Å². The van der Waals surface area contributed by atoms with Gasteiger partial charge in [-0.05, 0) is 37.8 Å². The molecule has 2 heterocycles. The summed E-state index contributed by atoms with van der Waals surface area (Å²) in [6, 6.07) is 5.12. The smallest absolute Gasteiger partial charge is 0.313 e. The van der Waals surface area contributed by atoms with Crippen molar-refractivity contribution in [3.8, 4) is 0 Å². The Morgan fingerprint density at radius 1 is 1.32 bits per heavy atom. The van der Waals surface area contributed by atoms with E-state index in [1.165, 1.54) is 0 Å². The summed E-state index contributed by atoms with van der Waals surface area (Å²) in [5, 5.41) is 4.22. The van der Waals surface area contributed by atoms with E-state index >= 15 is 0 Å². The average molecular weight is 308 g/mol. The Labute approximate surface area is 127 Å². The lowest BCUT2D eigenvalue weighted by Crippen LogP contribution is -2.27. The van der Waals surface area contributed by atoms with Gasteiger partial charge < -0.3 is 10.2 Å². The summed E-state index contributed by atoms with van der Waals surface area (Å²) in [5.41, 5.74) is 4.29. The van der Waals surface area contributed by atoms with Gasteiger partial charge in [-0.25, -0.2) is 0 Å². The minimum Gasteiger partial charge on any atom is -0.313 e. The second-order valence-electron chi connectivity index (χ2n) is 5.24. The number of pyridine rings is 1. The van der Waals surface area contributed by atoms with Crippen LogP contribution in [0.25, 0.3) is 0 Å². The largest absolute Gasteiger partial charge is 0.402 e. The number of rotatable bonds is 5. The van der Waals surface area contributed by atoms with Gasteiger partial charge in [0.15, 0.2) is 5.69 Å². The van der Waals surface area contributed by atoms with E-state index in [0.717, 1.165) is 29.7 Å². The van der Waals surface area contributed by atoms with Crippen LogP contribution in [0.2, 0.25) is 0 Å². The number of aromatic nitrogens is 3. The van der Waals surface area contributed by atoms with E-state index in [9.17, 15) is 8.78 Å². The molecule has 0 unspecified atom stereocenters. The number of aryl methyl sites for hydroxylation is 1. The molecular weight excluding hydrogens is 290 g/mol. The third-order valence-corrected chi connectivity index (χ3v) is 3.77. The van der Waals surface area contributed by atoms with Crippen molar-refractivity contribution >= 4 is 0 Å². The summed E-state index contributed by atoms with van der Waals surface area (Å²) in [4.78, 5) is 5.13. The molecule has 7 heteroatoms. The molecule has 1 aliphatic rings. The van der Waals surface area contributed by atoms with Crippen LogP contribution in [0.15, 0.2) is 24.4 Å². The third kappa shape index (κ3) is 2.81. The standard InChI is InChI=1S/C15H18F2N4O/c1-18-21-14(12-7-2-3-8-13(12)20-21)15(16,17)22-10-11-6-4-5-9-19-11/h4-6,9,18H,2-3,7-8,10H2,1H3. The number of nitrogens with zero attached hydrogens (tertiary/aromatic N) is 3. The van der Waals surface area contributed by atoms with Gasteiger partial charge in [0.25, 0.3) is 0 Å². The quantitative estimate of drug-likeness (QED) is 0.922. The van der Waals surface area contributed by atoms with E-state index in [1.807, 2.05) is 0 Å². The molecule has 0 spiro atoms. The van der Waals surface area contributed by atoms with Crippen molar-refractivity contribution in [1.29, 1.82) is 0 Å². The molecule has 2 aromatic heterocycles. The number of hydrogen-bond acceptors (Lipinski definition) is 4. The number of halogens is 2. The minimum atomic E-state index is -3.42. The number of ether oxygens (including phenoxy) is 1. The Hall–Kier alpha value is -2.02. The first-order valence-corrected chi connectivity index (χ1v) is 7.32. The van der Waals surface area contributed by atoms with Gasteiger partial charge in [0.05, 0.1) is 18.0 Å². The molecule has 22 heavy (non-hydrogen) atoms. The Morgan fingerprint density at radius 3 is 2.86 bits per heavy atom. The molecule has 3 rings (SSSR count). The van der Waals surface area contributed by atoms with Crippen molar-refractivity contribution in [2.75, 3.05) is 12.5 Å². The topological polar surface area (TPSA) is 52.0 Å². The molecule has 0 radical (unpaired) electrons. The van der Waals surface area contributed by atoms with Crippen LogP contribution in [0.5, 0.6) is 0 Å². The minimum absolute atomic E-state index is 0.194. The zero-order valence-electron chi connectivity index (χ0n) is 12.4. The van der Waals surface area contributed by atoms with Crippen LogP contribution >= 0.6 is 0 Å². The average Bonchev–Trinajstić information content (AvgIpc) is 2.93. The van der Waals surface area contributed by atoms with Crippen LogP contribution in [0.3, 0.4) is 0 Å². The number of alkyl halides is 2. The number of fused-ring (bicyclic) bond motifs is 1. The first kappa shape index (κ1) is 14.9. The van der Waals surface area contributed by atoms with Gasteiger partial charge in [-0.1, -0.05) is 6.07 Å². The molecule has 0 aliphatic heterocycles. The van der Waals surface area contributed by atoms with Crippen molar-refractivity contribution in [1.82, 2.24) is 14.9 Å². The van der Waals surface area contributed by atoms with Crippen LogP contribution in [0.1, 0.15) is 35.5 Å². The van der Waals surface area contributed by atoms with Crippen molar-refractivity contribution in [2.24, 2.45) is 0 Å². The molecule has 0 saturated heterocycles. The fraction of sp³-hybridized carbons (Fsp3) is 0.467. The van der Waals surface area contributed by atoms with E-state index in [4.69, 9.17) is 4.74 Å². The molecule has 118 valence electrons. The molecule has 0 atom stereocenters. The zero-order chi connectivity index (χ0) is 15.6. The van der Waals surface area contributed by atoms with Gasteiger partial charge in [0.1, 0.15) is 0 Å². The maximum absolute atomic E-state index is 14.6. The normalized spacial score (nSPS) is 14.7. The van der Waals surface area contributed by atoms with Crippen LogP contribution in [0, 0.1) is 0 Å². The zero-order valence-corrected chi connectivity index (χ0v) is 12.4. The first-order chi connectivity index (χ1) is 10.6. The van der Waals surface area contributed by atoms with Crippen LogP contribution in [-0.2, 0) is 30.3 Å². The van der Waals surface area contributed by atoms with Crippen molar-refractivity contribution in [2.45, 2.75) is 38.4 Å². The van der Waals surface area contributed by atoms with Crippen LogP contribution in [0.4, 0.5) is 8.78 Å².